The summed E-state index contributed by atoms with van der Waals surface area (Å²) in [4.78, 5) is 10.3. The fraction of sp³-hybridized carbons (Fsp3) is 0.200. The van der Waals surface area contributed by atoms with E-state index in [9.17, 15) is 10.1 Å². The maximum absolute atomic E-state index is 10.7. The second kappa shape index (κ2) is 7.02. The van der Waals surface area contributed by atoms with E-state index in [0.717, 1.165) is 0 Å². The van der Waals surface area contributed by atoms with E-state index in [2.05, 4.69) is 31.8 Å². The summed E-state index contributed by atoms with van der Waals surface area (Å²) in [6.07, 6.45) is 1.46. The summed E-state index contributed by atoms with van der Waals surface area (Å²) < 4.78 is 0.431. The van der Waals surface area contributed by atoms with Gasteiger partial charge in [0.1, 0.15) is 0 Å². The molecule has 8 heteroatoms. The van der Waals surface area contributed by atoms with Crippen molar-refractivity contribution in [2.24, 2.45) is 5.10 Å². The summed E-state index contributed by atoms with van der Waals surface area (Å²) in [7, 11) is 0. The van der Waals surface area contributed by atoms with Gasteiger partial charge >= 0.3 is 0 Å². The lowest BCUT2D eigenvalue weighted by molar-refractivity contribution is -0.385. The second-order valence-electron chi connectivity index (χ2n) is 3.20. The molecule has 0 bridgehead atoms. The molecule has 0 saturated heterocycles. The molecule has 1 aromatic rings. The largest absolute Gasteiger partial charge is 0.362 e. The van der Waals surface area contributed by atoms with Gasteiger partial charge in [0.15, 0.2) is 5.11 Å². The molecule has 2 N–H and O–H groups in total. The molecular weight excluding hydrogens is 320 g/mol. The first kappa shape index (κ1) is 14.5. The predicted molar refractivity (Wildman–Crippen MR) is 77.8 cm³/mol. The van der Waals surface area contributed by atoms with Crippen LogP contribution in [0.1, 0.15) is 12.5 Å². The van der Waals surface area contributed by atoms with Crippen molar-refractivity contribution in [1.29, 1.82) is 0 Å². The van der Waals surface area contributed by atoms with Crippen LogP contribution in [0.4, 0.5) is 5.69 Å². The lowest BCUT2D eigenvalue weighted by Gasteiger charge is -2.02. The number of nitrogens with one attached hydrogen (secondary N) is 2. The third-order valence-electron chi connectivity index (χ3n) is 1.88. The maximum atomic E-state index is 10.7. The van der Waals surface area contributed by atoms with Crippen LogP contribution in [0, 0.1) is 10.1 Å². The van der Waals surface area contributed by atoms with Gasteiger partial charge in [0.25, 0.3) is 5.69 Å². The van der Waals surface area contributed by atoms with Crippen molar-refractivity contribution in [3.8, 4) is 0 Å². The molecular formula is C10H11BrN4O2S. The summed E-state index contributed by atoms with van der Waals surface area (Å²) in [5, 5.41) is 17.9. The van der Waals surface area contributed by atoms with Crippen molar-refractivity contribution in [2.75, 3.05) is 6.54 Å². The van der Waals surface area contributed by atoms with Crippen LogP contribution in [0.15, 0.2) is 27.8 Å². The Morgan fingerprint density at radius 3 is 3.00 bits per heavy atom. The van der Waals surface area contributed by atoms with Crippen LogP contribution in [0.2, 0.25) is 0 Å². The average molecular weight is 331 g/mol. The third-order valence-corrected chi connectivity index (χ3v) is 2.79. The smallest absolute Gasteiger partial charge is 0.284 e. The number of hydrogen-bond acceptors (Lipinski definition) is 4. The van der Waals surface area contributed by atoms with E-state index in [0.29, 0.717) is 21.7 Å². The highest BCUT2D eigenvalue weighted by Crippen LogP contribution is 2.24. The molecule has 0 spiro atoms. The molecule has 0 aromatic heterocycles. The predicted octanol–water partition coefficient (Wildman–Crippen LogP) is 2.18. The Labute approximate surface area is 118 Å². The van der Waals surface area contributed by atoms with Gasteiger partial charge < -0.3 is 5.32 Å². The fourth-order valence-electron chi connectivity index (χ4n) is 1.12. The van der Waals surface area contributed by atoms with Gasteiger partial charge in [0.05, 0.1) is 15.6 Å². The number of rotatable bonds is 4. The first-order valence-electron chi connectivity index (χ1n) is 5.05. The Morgan fingerprint density at radius 1 is 1.67 bits per heavy atom. The molecule has 1 aromatic carbocycles. The van der Waals surface area contributed by atoms with E-state index in [-0.39, 0.29) is 5.69 Å². The van der Waals surface area contributed by atoms with Crippen molar-refractivity contribution >= 4 is 45.2 Å². The fourth-order valence-corrected chi connectivity index (χ4v) is 1.70. The van der Waals surface area contributed by atoms with Crippen molar-refractivity contribution < 1.29 is 4.92 Å². The standard InChI is InChI=1S/C10H11BrN4O2S/c1-2-12-10(18)14-13-6-7-3-4-8(11)9(5-7)15(16)17/h3-6H,2H2,1H3,(H2,12,14,18)/b13-6-. The molecule has 0 aliphatic rings. The van der Waals surface area contributed by atoms with E-state index in [4.69, 9.17) is 12.2 Å². The lowest BCUT2D eigenvalue weighted by atomic mass is 10.2. The van der Waals surface area contributed by atoms with Crippen LogP contribution in [-0.4, -0.2) is 22.8 Å². The molecule has 0 atom stereocenters. The van der Waals surface area contributed by atoms with E-state index < -0.39 is 4.92 Å². The summed E-state index contributed by atoms with van der Waals surface area (Å²) in [5.74, 6) is 0. The molecule has 18 heavy (non-hydrogen) atoms. The SMILES string of the molecule is CCNC(=S)N/N=C\c1ccc(Br)c([N+](=O)[O-])c1. The van der Waals surface area contributed by atoms with E-state index >= 15 is 0 Å². The van der Waals surface area contributed by atoms with Crippen LogP contribution in [0.5, 0.6) is 0 Å². The third kappa shape index (κ3) is 4.38. The Hall–Kier alpha value is -1.54. The monoisotopic (exact) mass is 330 g/mol. The van der Waals surface area contributed by atoms with Crippen LogP contribution < -0.4 is 10.7 Å². The van der Waals surface area contributed by atoms with Gasteiger partial charge in [0.2, 0.25) is 0 Å². The van der Waals surface area contributed by atoms with Crippen molar-refractivity contribution in [2.45, 2.75) is 6.92 Å². The quantitative estimate of drug-likeness (QED) is 0.383. The molecule has 0 aliphatic heterocycles. The van der Waals surface area contributed by atoms with Crippen LogP contribution in [0.25, 0.3) is 0 Å². The summed E-state index contributed by atoms with van der Waals surface area (Å²) in [6, 6.07) is 4.73. The number of thiocarbonyl (C=S) groups is 1. The highest BCUT2D eigenvalue weighted by atomic mass is 79.9. The zero-order valence-corrected chi connectivity index (χ0v) is 11.9. The first-order chi connectivity index (χ1) is 8.54. The van der Waals surface area contributed by atoms with E-state index in [1.54, 1.807) is 12.1 Å². The maximum Gasteiger partial charge on any atom is 0.284 e. The first-order valence-corrected chi connectivity index (χ1v) is 6.25. The number of hydrogen-bond donors (Lipinski definition) is 2. The van der Waals surface area contributed by atoms with E-state index in [1.165, 1.54) is 12.3 Å². The van der Waals surface area contributed by atoms with Gasteiger partial charge in [-0.2, -0.15) is 5.10 Å². The summed E-state index contributed by atoms with van der Waals surface area (Å²) >= 11 is 8.02. The van der Waals surface area contributed by atoms with Gasteiger partial charge in [-0.05, 0) is 41.1 Å². The Bertz CT molecular complexity index is 493. The van der Waals surface area contributed by atoms with Gasteiger partial charge in [-0.3, -0.25) is 15.5 Å². The van der Waals surface area contributed by atoms with Crippen molar-refractivity contribution in [1.82, 2.24) is 10.7 Å². The Kier molecular flexibility index (Phi) is 5.66. The number of nitro benzene ring substituents is 1. The Balaban J connectivity index is 2.73. The van der Waals surface area contributed by atoms with E-state index in [1.807, 2.05) is 6.92 Å². The summed E-state index contributed by atoms with van der Waals surface area (Å²) in [5.41, 5.74) is 3.21. The molecule has 0 aliphatic carbocycles. The molecule has 0 unspecified atom stereocenters. The lowest BCUT2D eigenvalue weighted by Crippen LogP contribution is -2.31. The molecule has 1 rings (SSSR count). The van der Waals surface area contributed by atoms with Gasteiger partial charge in [-0.15, -0.1) is 0 Å². The molecule has 0 fully saturated rings. The number of halogens is 1. The minimum Gasteiger partial charge on any atom is -0.362 e. The molecule has 0 saturated carbocycles. The highest BCUT2D eigenvalue weighted by Gasteiger charge is 2.11. The molecule has 6 nitrogen and oxygen atoms in total. The van der Waals surface area contributed by atoms with Gasteiger partial charge in [-0.25, -0.2) is 0 Å². The zero-order valence-electron chi connectivity index (χ0n) is 9.51. The highest BCUT2D eigenvalue weighted by molar-refractivity contribution is 9.10. The van der Waals surface area contributed by atoms with Crippen molar-refractivity contribution in [3.63, 3.8) is 0 Å². The normalized spacial score (nSPS) is 10.3. The number of hydrazone groups is 1. The summed E-state index contributed by atoms with van der Waals surface area (Å²) in [6.45, 7) is 2.61. The van der Waals surface area contributed by atoms with Gasteiger partial charge in [0, 0.05) is 18.2 Å². The zero-order chi connectivity index (χ0) is 13.5. The van der Waals surface area contributed by atoms with Crippen LogP contribution in [-0.2, 0) is 0 Å². The minimum absolute atomic E-state index is 0.00629. The van der Waals surface area contributed by atoms with Crippen LogP contribution >= 0.6 is 28.1 Å². The van der Waals surface area contributed by atoms with Crippen molar-refractivity contribution in [3.05, 3.63) is 38.3 Å². The minimum atomic E-state index is -0.460. The molecule has 0 radical (unpaired) electrons. The molecule has 0 heterocycles. The number of nitro groups is 1. The number of benzene rings is 1. The average Bonchev–Trinajstić information content (AvgIpc) is 2.31. The second-order valence-corrected chi connectivity index (χ2v) is 4.46. The van der Waals surface area contributed by atoms with Crippen LogP contribution in [0.3, 0.4) is 0 Å². The van der Waals surface area contributed by atoms with Gasteiger partial charge in [-0.1, -0.05) is 6.07 Å². The molecule has 96 valence electrons. The molecule has 0 amide bonds. The number of nitrogens with zero attached hydrogens (tertiary/aromatic N) is 2. The topological polar surface area (TPSA) is 79.6 Å². The Morgan fingerprint density at radius 2 is 2.39 bits per heavy atom.